The Morgan fingerprint density at radius 2 is 1.07 bits per heavy atom. The van der Waals surface area contributed by atoms with Gasteiger partial charge in [0.15, 0.2) is 0 Å². The molecule has 0 aromatic carbocycles. The van der Waals surface area contributed by atoms with Crippen LogP contribution >= 0.6 is 11.8 Å². The lowest BCUT2D eigenvalue weighted by molar-refractivity contribution is -0.150. The molecule has 55 heavy (non-hydrogen) atoms. The van der Waals surface area contributed by atoms with Crippen LogP contribution in [-0.4, -0.2) is 85.2 Å². The Kier molecular flexibility index (Phi) is 38.0. The van der Waals surface area contributed by atoms with Gasteiger partial charge in [-0.25, -0.2) is 0 Å². The van der Waals surface area contributed by atoms with E-state index < -0.39 is 0 Å². The maximum absolute atomic E-state index is 12.9. The molecule has 0 aromatic heterocycles. The molecule has 2 atom stereocenters. The summed E-state index contributed by atoms with van der Waals surface area (Å²) < 4.78 is 11.8. The molecule has 1 fully saturated rings. The van der Waals surface area contributed by atoms with Gasteiger partial charge in [-0.05, 0) is 95.5 Å². The molecule has 7 heteroatoms. The van der Waals surface area contributed by atoms with Crippen LogP contribution < -0.4 is 0 Å². The first-order chi connectivity index (χ1) is 27.0. The molecule has 0 amide bonds. The fraction of sp³-hybridized carbons (Fsp3) is 0.958. The van der Waals surface area contributed by atoms with Gasteiger partial charge in [-0.15, -0.1) is 0 Å². The second kappa shape index (κ2) is 40.0. The van der Waals surface area contributed by atoms with Crippen LogP contribution in [0.1, 0.15) is 227 Å². The number of ether oxygens (including phenoxy) is 2. The summed E-state index contributed by atoms with van der Waals surface area (Å²) in [4.78, 5) is 30.7. The van der Waals surface area contributed by atoms with Crippen LogP contribution in [0.2, 0.25) is 0 Å². The van der Waals surface area contributed by atoms with E-state index in [1.165, 1.54) is 173 Å². The van der Waals surface area contributed by atoms with Gasteiger partial charge < -0.3 is 19.3 Å². The average molecular weight is 795 g/mol. The molecular formula is C48H94N2O4S. The number of rotatable bonds is 42. The molecule has 0 bridgehead atoms. The number of hydrogen-bond donors (Lipinski definition) is 0. The summed E-state index contributed by atoms with van der Waals surface area (Å²) in [6, 6.07) is 0. The summed E-state index contributed by atoms with van der Waals surface area (Å²) in [5.41, 5.74) is 0. The molecule has 0 aromatic rings. The van der Waals surface area contributed by atoms with Crippen molar-refractivity contribution < 1.29 is 19.1 Å². The van der Waals surface area contributed by atoms with Crippen molar-refractivity contribution in [3.8, 4) is 0 Å². The third-order valence-electron chi connectivity index (χ3n) is 11.8. The Morgan fingerprint density at radius 3 is 1.65 bits per heavy atom. The van der Waals surface area contributed by atoms with E-state index in [1.54, 1.807) is 0 Å². The molecule has 1 rings (SSSR count). The van der Waals surface area contributed by atoms with Crippen molar-refractivity contribution in [1.82, 2.24) is 9.80 Å². The Hall–Kier alpha value is -0.790. The van der Waals surface area contributed by atoms with Gasteiger partial charge in [-0.1, -0.05) is 150 Å². The van der Waals surface area contributed by atoms with Crippen molar-refractivity contribution in [3.05, 3.63) is 0 Å². The smallest absolute Gasteiger partial charge is 0.307 e. The molecule has 1 aliphatic rings. The van der Waals surface area contributed by atoms with Crippen LogP contribution in [0.5, 0.6) is 0 Å². The normalized spacial score (nSPS) is 14.5. The molecule has 6 nitrogen and oxygen atoms in total. The highest BCUT2D eigenvalue weighted by atomic mass is 32.2. The van der Waals surface area contributed by atoms with Gasteiger partial charge in [0.2, 0.25) is 0 Å². The molecule has 0 aliphatic carbocycles. The number of unbranched alkanes of at least 4 members (excludes halogenated alkanes) is 18. The SMILES string of the molecule is CCCCCCCCC(CCCCCC)CSCCOC(=O)CCN(CCCCCC(=O)OC(CCCCCC)CCCCCCCC)CCN1CCCC1. The van der Waals surface area contributed by atoms with Crippen LogP contribution in [0.15, 0.2) is 0 Å². The maximum Gasteiger partial charge on any atom is 0.307 e. The molecule has 1 aliphatic heterocycles. The number of thioether (sulfide) groups is 1. The monoisotopic (exact) mass is 795 g/mol. The number of likely N-dealkylation sites (tertiary alicyclic amines) is 1. The lowest BCUT2D eigenvalue weighted by Crippen LogP contribution is -2.36. The number of carbonyl (C=O) groups excluding carboxylic acids is 2. The predicted octanol–water partition coefficient (Wildman–Crippen LogP) is 13.6. The summed E-state index contributed by atoms with van der Waals surface area (Å²) in [6.45, 7) is 15.8. The van der Waals surface area contributed by atoms with Gasteiger partial charge in [-0.3, -0.25) is 9.59 Å². The second-order valence-electron chi connectivity index (χ2n) is 17.0. The van der Waals surface area contributed by atoms with Crippen LogP contribution in [-0.2, 0) is 19.1 Å². The Bertz CT molecular complexity index is 839. The molecule has 0 N–H and O–H groups in total. The van der Waals surface area contributed by atoms with Gasteiger partial charge in [0, 0.05) is 31.8 Å². The minimum Gasteiger partial charge on any atom is -0.465 e. The largest absolute Gasteiger partial charge is 0.465 e. The third-order valence-corrected chi connectivity index (χ3v) is 12.9. The highest BCUT2D eigenvalue weighted by Crippen LogP contribution is 2.23. The van der Waals surface area contributed by atoms with Gasteiger partial charge in [0.1, 0.15) is 12.7 Å². The summed E-state index contributed by atoms with van der Waals surface area (Å²) in [5.74, 6) is 2.87. The average Bonchev–Trinajstić information content (AvgIpc) is 3.71. The first-order valence-electron chi connectivity index (χ1n) is 24.4. The van der Waals surface area contributed by atoms with E-state index in [4.69, 9.17) is 9.47 Å². The van der Waals surface area contributed by atoms with Crippen molar-refractivity contribution in [1.29, 1.82) is 0 Å². The standard InChI is InChI=1S/C48H94N2O4S/c1-5-9-13-17-19-23-31-45(30-22-15-11-7-3)44-55-43-42-53-47(51)35-39-50(41-40-49-37-28-29-38-49)36-27-21-26-34-48(52)54-46(32-24-16-12-8-4)33-25-20-18-14-10-6-2/h45-46H,5-44H2,1-4H3. The topological polar surface area (TPSA) is 59.1 Å². The quantitative estimate of drug-likeness (QED) is 0.0450. The lowest BCUT2D eigenvalue weighted by atomic mass is 9.96. The molecule has 0 radical (unpaired) electrons. The maximum atomic E-state index is 12.9. The minimum atomic E-state index is -0.0529. The Morgan fingerprint density at radius 1 is 0.564 bits per heavy atom. The molecule has 2 unspecified atom stereocenters. The van der Waals surface area contributed by atoms with Gasteiger partial charge in [-0.2, -0.15) is 11.8 Å². The fourth-order valence-electron chi connectivity index (χ4n) is 8.03. The van der Waals surface area contributed by atoms with E-state index in [2.05, 4.69) is 37.5 Å². The first kappa shape index (κ1) is 52.2. The van der Waals surface area contributed by atoms with Crippen LogP contribution in [0, 0.1) is 5.92 Å². The number of esters is 2. The Labute approximate surface area is 347 Å². The molecule has 1 heterocycles. The molecule has 326 valence electrons. The van der Waals surface area contributed by atoms with E-state index >= 15 is 0 Å². The summed E-state index contributed by atoms with van der Waals surface area (Å²) in [6.07, 6.45) is 37.6. The van der Waals surface area contributed by atoms with Gasteiger partial charge >= 0.3 is 11.9 Å². The number of nitrogens with zero attached hydrogens (tertiary/aromatic N) is 2. The van der Waals surface area contributed by atoms with Crippen LogP contribution in [0.25, 0.3) is 0 Å². The van der Waals surface area contributed by atoms with Crippen molar-refractivity contribution in [2.45, 2.75) is 233 Å². The summed E-state index contributed by atoms with van der Waals surface area (Å²) in [5, 5.41) is 0. The highest BCUT2D eigenvalue weighted by molar-refractivity contribution is 7.99. The molecule has 1 saturated heterocycles. The molecule has 0 spiro atoms. The zero-order valence-electron chi connectivity index (χ0n) is 37.4. The third kappa shape index (κ3) is 33.8. The fourth-order valence-corrected chi connectivity index (χ4v) is 9.07. The second-order valence-corrected chi connectivity index (χ2v) is 18.2. The van der Waals surface area contributed by atoms with Crippen molar-refractivity contribution >= 4 is 23.7 Å². The van der Waals surface area contributed by atoms with Crippen LogP contribution in [0.3, 0.4) is 0 Å². The minimum absolute atomic E-state index is 0.00132. The highest BCUT2D eigenvalue weighted by Gasteiger charge is 2.17. The molecular weight excluding hydrogens is 701 g/mol. The van der Waals surface area contributed by atoms with E-state index in [1.807, 2.05) is 11.8 Å². The Balaban J connectivity index is 2.39. The lowest BCUT2D eigenvalue weighted by Gasteiger charge is -2.25. The van der Waals surface area contributed by atoms with E-state index in [0.29, 0.717) is 19.4 Å². The first-order valence-corrected chi connectivity index (χ1v) is 25.5. The number of carbonyl (C=O) groups is 2. The van der Waals surface area contributed by atoms with Crippen LogP contribution in [0.4, 0.5) is 0 Å². The van der Waals surface area contributed by atoms with Gasteiger partial charge in [0.05, 0.1) is 6.42 Å². The van der Waals surface area contributed by atoms with Crippen molar-refractivity contribution in [2.24, 2.45) is 5.92 Å². The predicted molar refractivity (Wildman–Crippen MR) is 240 cm³/mol. The van der Waals surface area contributed by atoms with Crippen molar-refractivity contribution in [2.75, 3.05) is 57.4 Å². The summed E-state index contributed by atoms with van der Waals surface area (Å²) in [7, 11) is 0. The van der Waals surface area contributed by atoms with E-state index in [0.717, 1.165) is 70.0 Å². The van der Waals surface area contributed by atoms with Gasteiger partial charge in [0.25, 0.3) is 0 Å². The van der Waals surface area contributed by atoms with Crippen molar-refractivity contribution in [3.63, 3.8) is 0 Å². The zero-order chi connectivity index (χ0) is 39.9. The van der Waals surface area contributed by atoms with E-state index in [9.17, 15) is 9.59 Å². The molecule has 0 saturated carbocycles. The van der Waals surface area contributed by atoms with E-state index in [-0.39, 0.29) is 18.0 Å². The number of hydrogen-bond acceptors (Lipinski definition) is 7. The zero-order valence-corrected chi connectivity index (χ0v) is 38.2. The summed E-state index contributed by atoms with van der Waals surface area (Å²) >= 11 is 1.99.